The van der Waals surface area contributed by atoms with Crippen molar-refractivity contribution in [2.45, 2.75) is 12.5 Å². The van der Waals surface area contributed by atoms with Gasteiger partial charge < -0.3 is 20.5 Å². The maximum atomic E-state index is 13.0. The van der Waals surface area contributed by atoms with Gasteiger partial charge in [-0.15, -0.1) is 0 Å². The summed E-state index contributed by atoms with van der Waals surface area (Å²) in [5, 5.41) is 15.3. The largest absolute Gasteiger partial charge is 0.497 e. The molecule has 1 atom stereocenters. The number of nitrogens with one attached hydrogen (secondary N) is 2. The molecule has 2 rings (SSSR count). The highest BCUT2D eigenvalue weighted by Crippen LogP contribution is 2.16. The molecule has 0 aliphatic rings. The van der Waals surface area contributed by atoms with E-state index >= 15 is 0 Å². The number of benzene rings is 2. The smallest absolute Gasteiger partial charge is 0.314 e. The number of hydrogen-bond donors (Lipinski definition) is 3. The molecular formula is C18H21FN2O3. The lowest BCUT2D eigenvalue weighted by Crippen LogP contribution is -2.38. The number of hydrogen-bond acceptors (Lipinski definition) is 3. The van der Waals surface area contributed by atoms with Gasteiger partial charge >= 0.3 is 6.03 Å². The molecule has 5 nitrogen and oxygen atoms in total. The van der Waals surface area contributed by atoms with Gasteiger partial charge in [0.05, 0.1) is 13.2 Å². The second-order valence-corrected chi connectivity index (χ2v) is 5.31. The topological polar surface area (TPSA) is 70.6 Å². The van der Waals surface area contributed by atoms with E-state index in [0.717, 1.165) is 5.56 Å². The lowest BCUT2D eigenvalue weighted by molar-refractivity contribution is 0.173. The minimum Gasteiger partial charge on any atom is -0.497 e. The molecule has 6 heteroatoms. The lowest BCUT2D eigenvalue weighted by atomic mass is 10.1. The summed E-state index contributed by atoms with van der Waals surface area (Å²) in [5.74, 6) is 0.411. The number of ether oxygens (including phenoxy) is 1. The third-order valence-corrected chi connectivity index (χ3v) is 3.54. The predicted octanol–water partition coefficient (Wildman–Crippen LogP) is 2.41. The summed E-state index contributed by atoms with van der Waals surface area (Å²) in [5.41, 5.74) is 1.50. The molecule has 0 aliphatic carbocycles. The van der Waals surface area contributed by atoms with Gasteiger partial charge in [0, 0.05) is 13.1 Å². The molecule has 0 saturated heterocycles. The average molecular weight is 332 g/mol. The van der Waals surface area contributed by atoms with Gasteiger partial charge in [-0.1, -0.05) is 24.3 Å². The van der Waals surface area contributed by atoms with E-state index < -0.39 is 6.10 Å². The number of methoxy groups -OCH3 is 1. The molecule has 0 spiro atoms. The van der Waals surface area contributed by atoms with E-state index in [1.807, 2.05) is 0 Å². The number of amides is 2. The molecule has 0 heterocycles. The third kappa shape index (κ3) is 5.55. The van der Waals surface area contributed by atoms with E-state index in [2.05, 4.69) is 10.6 Å². The van der Waals surface area contributed by atoms with E-state index in [1.54, 1.807) is 43.5 Å². The minimum absolute atomic E-state index is 0.0954. The van der Waals surface area contributed by atoms with Crippen molar-refractivity contribution < 1.29 is 19.0 Å². The van der Waals surface area contributed by atoms with Crippen LogP contribution < -0.4 is 15.4 Å². The van der Waals surface area contributed by atoms with Crippen molar-refractivity contribution in [3.63, 3.8) is 0 Å². The highest BCUT2D eigenvalue weighted by atomic mass is 19.1. The Morgan fingerprint density at radius 3 is 2.62 bits per heavy atom. The van der Waals surface area contributed by atoms with Gasteiger partial charge in [0.2, 0.25) is 0 Å². The van der Waals surface area contributed by atoms with Gasteiger partial charge in [-0.05, 0) is 41.8 Å². The van der Waals surface area contributed by atoms with Crippen LogP contribution >= 0.6 is 0 Å². The summed E-state index contributed by atoms with van der Waals surface area (Å²) in [6.45, 7) is 0.478. The number of rotatable bonds is 7. The Balaban J connectivity index is 1.70. The van der Waals surface area contributed by atoms with Gasteiger partial charge in [0.1, 0.15) is 11.6 Å². The van der Waals surface area contributed by atoms with Crippen molar-refractivity contribution >= 4 is 6.03 Å². The molecule has 2 amide bonds. The first kappa shape index (κ1) is 17.7. The van der Waals surface area contributed by atoms with Crippen molar-refractivity contribution in [3.05, 3.63) is 65.5 Å². The van der Waals surface area contributed by atoms with Crippen LogP contribution in [-0.2, 0) is 6.42 Å². The second-order valence-electron chi connectivity index (χ2n) is 5.31. The molecule has 2 aromatic carbocycles. The van der Waals surface area contributed by atoms with E-state index in [-0.39, 0.29) is 18.4 Å². The number of halogens is 1. The van der Waals surface area contributed by atoms with Crippen LogP contribution in [0.4, 0.5) is 9.18 Å². The van der Waals surface area contributed by atoms with Crippen LogP contribution in [0.3, 0.4) is 0 Å². The molecular weight excluding hydrogens is 311 g/mol. The summed E-state index contributed by atoms with van der Waals surface area (Å²) in [6.07, 6.45) is -0.267. The summed E-state index contributed by atoms with van der Waals surface area (Å²) in [6, 6.07) is 12.9. The van der Waals surface area contributed by atoms with Gasteiger partial charge in [-0.25, -0.2) is 9.18 Å². The Morgan fingerprint density at radius 2 is 1.96 bits per heavy atom. The number of carbonyl (C=O) groups excluding carboxylic acids is 1. The van der Waals surface area contributed by atoms with Gasteiger partial charge in [0.25, 0.3) is 0 Å². The molecule has 128 valence electrons. The fourth-order valence-corrected chi connectivity index (χ4v) is 2.21. The van der Waals surface area contributed by atoms with Crippen LogP contribution in [0.15, 0.2) is 48.5 Å². The molecule has 0 radical (unpaired) electrons. The van der Waals surface area contributed by atoms with Crippen LogP contribution in [0.1, 0.15) is 17.2 Å². The first-order chi connectivity index (χ1) is 11.6. The summed E-state index contributed by atoms with van der Waals surface area (Å²) in [4.78, 5) is 11.7. The Hall–Kier alpha value is -2.60. The summed E-state index contributed by atoms with van der Waals surface area (Å²) in [7, 11) is 1.57. The molecule has 0 fully saturated rings. The molecule has 1 unspecified atom stereocenters. The fraction of sp³-hybridized carbons (Fsp3) is 0.278. The first-order valence-electron chi connectivity index (χ1n) is 7.66. The highest BCUT2D eigenvalue weighted by Gasteiger charge is 2.09. The Morgan fingerprint density at radius 1 is 1.21 bits per heavy atom. The average Bonchev–Trinajstić information content (AvgIpc) is 2.60. The Bertz CT molecular complexity index is 662. The van der Waals surface area contributed by atoms with Crippen molar-refractivity contribution in [2.24, 2.45) is 0 Å². The van der Waals surface area contributed by atoms with E-state index in [0.29, 0.717) is 24.3 Å². The zero-order chi connectivity index (χ0) is 17.4. The normalized spacial score (nSPS) is 11.6. The number of urea groups is 1. The zero-order valence-electron chi connectivity index (χ0n) is 13.5. The van der Waals surface area contributed by atoms with Crippen LogP contribution in [-0.4, -0.2) is 31.3 Å². The van der Waals surface area contributed by atoms with Crippen LogP contribution in [0, 0.1) is 5.82 Å². The summed E-state index contributed by atoms with van der Waals surface area (Å²) >= 11 is 0. The SMILES string of the molecule is COc1ccc(C(O)CNC(=O)NCCc2cccc(F)c2)cc1. The summed E-state index contributed by atoms with van der Waals surface area (Å²) < 4.78 is 18.1. The first-order valence-corrected chi connectivity index (χ1v) is 7.66. The Kier molecular flexibility index (Phi) is 6.57. The van der Waals surface area contributed by atoms with Crippen molar-refractivity contribution in [1.29, 1.82) is 0 Å². The Labute approximate surface area is 140 Å². The third-order valence-electron chi connectivity index (χ3n) is 3.54. The van der Waals surface area contributed by atoms with Crippen molar-refractivity contribution in [2.75, 3.05) is 20.2 Å². The lowest BCUT2D eigenvalue weighted by Gasteiger charge is -2.13. The number of carbonyl (C=O) groups is 1. The highest BCUT2D eigenvalue weighted by molar-refractivity contribution is 5.73. The second kappa shape index (κ2) is 8.88. The molecule has 0 aliphatic heterocycles. The maximum Gasteiger partial charge on any atom is 0.314 e. The molecule has 2 aromatic rings. The molecule has 0 saturated carbocycles. The fourth-order valence-electron chi connectivity index (χ4n) is 2.21. The molecule has 0 bridgehead atoms. The van der Waals surface area contributed by atoms with Crippen LogP contribution in [0.25, 0.3) is 0 Å². The van der Waals surface area contributed by atoms with E-state index in [1.165, 1.54) is 12.1 Å². The zero-order valence-corrected chi connectivity index (χ0v) is 13.5. The quantitative estimate of drug-likeness (QED) is 0.729. The van der Waals surface area contributed by atoms with Crippen molar-refractivity contribution in [1.82, 2.24) is 10.6 Å². The van der Waals surface area contributed by atoms with Gasteiger partial charge in [-0.3, -0.25) is 0 Å². The van der Waals surface area contributed by atoms with Gasteiger partial charge in [0.15, 0.2) is 0 Å². The number of aliphatic hydroxyl groups is 1. The standard InChI is InChI=1S/C18H21FN2O3/c1-24-16-7-5-14(6-8-16)17(22)12-21-18(23)20-10-9-13-3-2-4-15(19)11-13/h2-8,11,17,22H,9-10,12H2,1H3,(H2,20,21,23). The maximum absolute atomic E-state index is 13.0. The predicted molar refractivity (Wildman–Crippen MR) is 89.5 cm³/mol. The minimum atomic E-state index is -0.801. The molecule has 24 heavy (non-hydrogen) atoms. The van der Waals surface area contributed by atoms with Crippen LogP contribution in [0.2, 0.25) is 0 Å². The molecule has 0 aromatic heterocycles. The van der Waals surface area contributed by atoms with E-state index in [9.17, 15) is 14.3 Å². The van der Waals surface area contributed by atoms with Crippen LogP contribution in [0.5, 0.6) is 5.75 Å². The van der Waals surface area contributed by atoms with Gasteiger partial charge in [-0.2, -0.15) is 0 Å². The monoisotopic (exact) mass is 332 g/mol. The number of aliphatic hydroxyl groups excluding tert-OH is 1. The van der Waals surface area contributed by atoms with Crippen molar-refractivity contribution in [3.8, 4) is 5.75 Å². The van der Waals surface area contributed by atoms with E-state index in [4.69, 9.17) is 4.74 Å². The molecule has 3 N–H and O–H groups in total.